The monoisotopic (exact) mass is 274 g/mol. The number of carbonyl (C=O) groups is 1. The lowest BCUT2D eigenvalue weighted by atomic mass is 10.1. The minimum atomic E-state index is -0.217. The maximum atomic E-state index is 12.1. The van der Waals surface area contributed by atoms with Crippen molar-refractivity contribution in [3.63, 3.8) is 0 Å². The van der Waals surface area contributed by atoms with Gasteiger partial charge in [0.25, 0.3) is 5.91 Å². The third-order valence-electron chi connectivity index (χ3n) is 2.87. The van der Waals surface area contributed by atoms with Gasteiger partial charge in [-0.3, -0.25) is 4.79 Å². The normalized spacial score (nSPS) is 11.9. The number of nitrogens with zero attached hydrogens (tertiary/aromatic N) is 3. The average Bonchev–Trinajstić information content (AvgIpc) is 2.97. The molecule has 0 saturated heterocycles. The SMILES string of the molecule is CNc1nc(C)cc(C(=O)NCC(C)c2ncc[nH]2)n1. The Morgan fingerprint density at radius 1 is 1.45 bits per heavy atom. The molecule has 2 heterocycles. The molecule has 0 radical (unpaired) electrons. The zero-order chi connectivity index (χ0) is 14.5. The highest BCUT2D eigenvalue weighted by atomic mass is 16.1. The molecule has 0 spiro atoms. The van der Waals surface area contributed by atoms with E-state index in [1.54, 1.807) is 25.5 Å². The number of imidazole rings is 1. The second-order valence-corrected chi connectivity index (χ2v) is 4.55. The Kier molecular flexibility index (Phi) is 4.29. The van der Waals surface area contributed by atoms with Gasteiger partial charge in [0.1, 0.15) is 11.5 Å². The molecule has 20 heavy (non-hydrogen) atoms. The summed E-state index contributed by atoms with van der Waals surface area (Å²) in [5, 5.41) is 5.68. The van der Waals surface area contributed by atoms with Crippen LogP contribution in [0.5, 0.6) is 0 Å². The van der Waals surface area contributed by atoms with Crippen molar-refractivity contribution in [2.24, 2.45) is 0 Å². The number of nitrogens with one attached hydrogen (secondary N) is 3. The maximum absolute atomic E-state index is 12.1. The predicted molar refractivity (Wildman–Crippen MR) is 75.7 cm³/mol. The number of aromatic nitrogens is 4. The minimum absolute atomic E-state index is 0.112. The van der Waals surface area contributed by atoms with E-state index in [4.69, 9.17) is 0 Å². The zero-order valence-corrected chi connectivity index (χ0v) is 11.8. The van der Waals surface area contributed by atoms with E-state index in [2.05, 4.69) is 30.6 Å². The number of anilines is 1. The summed E-state index contributed by atoms with van der Waals surface area (Å²) in [5.74, 6) is 1.18. The van der Waals surface area contributed by atoms with Gasteiger partial charge in [0, 0.05) is 37.6 Å². The van der Waals surface area contributed by atoms with E-state index in [9.17, 15) is 4.79 Å². The van der Waals surface area contributed by atoms with E-state index < -0.39 is 0 Å². The van der Waals surface area contributed by atoms with Crippen molar-refractivity contribution in [3.8, 4) is 0 Å². The lowest BCUT2D eigenvalue weighted by Gasteiger charge is -2.10. The molecule has 106 valence electrons. The van der Waals surface area contributed by atoms with Crippen LogP contribution in [0.1, 0.15) is 34.8 Å². The standard InChI is InChI=1S/C13H18N6O/c1-8(11-15-4-5-16-11)7-17-12(20)10-6-9(2)18-13(14-3)19-10/h4-6,8H,7H2,1-3H3,(H,15,16)(H,17,20)(H,14,18,19). The Morgan fingerprint density at radius 2 is 2.25 bits per heavy atom. The molecule has 7 heteroatoms. The summed E-state index contributed by atoms with van der Waals surface area (Å²) in [7, 11) is 1.72. The summed E-state index contributed by atoms with van der Waals surface area (Å²) in [6.45, 7) is 4.30. The molecule has 0 bridgehead atoms. The van der Waals surface area contributed by atoms with Gasteiger partial charge in [0.2, 0.25) is 5.95 Å². The van der Waals surface area contributed by atoms with Crippen LogP contribution in [0.3, 0.4) is 0 Å². The number of aromatic amines is 1. The van der Waals surface area contributed by atoms with E-state index in [0.717, 1.165) is 11.5 Å². The number of H-pyrrole nitrogens is 1. The van der Waals surface area contributed by atoms with E-state index in [1.165, 1.54) is 0 Å². The van der Waals surface area contributed by atoms with Crippen LogP contribution in [0.4, 0.5) is 5.95 Å². The fraction of sp³-hybridized carbons (Fsp3) is 0.385. The van der Waals surface area contributed by atoms with Gasteiger partial charge >= 0.3 is 0 Å². The molecule has 0 aliphatic rings. The molecule has 0 aliphatic heterocycles. The van der Waals surface area contributed by atoms with Gasteiger partial charge in [-0.25, -0.2) is 15.0 Å². The molecule has 0 fully saturated rings. The van der Waals surface area contributed by atoms with Crippen molar-refractivity contribution in [2.45, 2.75) is 19.8 Å². The van der Waals surface area contributed by atoms with E-state index in [1.807, 2.05) is 13.8 Å². The van der Waals surface area contributed by atoms with Crippen LogP contribution in [-0.4, -0.2) is 39.4 Å². The number of aryl methyl sites for hydroxylation is 1. The first kappa shape index (κ1) is 14.0. The van der Waals surface area contributed by atoms with Crippen LogP contribution in [-0.2, 0) is 0 Å². The molecular weight excluding hydrogens is 256 g/mol. The molecule has 1 unspecified atom stereocenters. The smallest absolute Gasteiger partial charge is 0.270 e. The largest absolute Gasteiger partial charge is 0.357 e. The van der Waals surface area contributed by atoms with E-state index in [-0.39, 0.29) is 11.8 Å². The summed E-state index contributed by atoms with van der Waals surface area (Å²) in [6.07, 6.45) is 3.46. The Bertz CT molecular complexity index is 581. The third kappa shape index (κ3) is 3.31. The molecule has 2 aromatic heterocycles. The highest BCUT2D eigenvalue weighted by Gasteiger charge is 2.13. The van der Waals surface area contributed by atoms with Crippen LogP contribution in [0, 0.1) is 6.92 Å². The fourth-order valence-electron chi connectivity index (χ4n) is 1.78. The highest BCUT2D eigenvalue weighted by Crippen LogP contribution is 2.08. The van der Waals surface area contributed by atoms with Crippen molar-refractivity contribution in [1.82, 2.24) is 25.3 Å². The van der Waals surface area contributed by atoms with Crippen LogP contribution in [0.15, 0.2) is 18.5 Å². The summed E-state index contributed by atoms with van der Waals surface area (Å²) in [6, 6.07) is 1.66. The van der Waals surface area contributed by atoms with Gasteiger partial charge in [0.15, 0.2) is 0 Å². The quantitative estimate of drug-likeness (QED) is 0.758. The molecule has 0 aromatic carbocycles. The van der Waals surface area contributed by atoms with Crippen LogP contribution in [0.25, 0.3) is 0 Å². The topological polar surface area (TPSA) is 95.6 Å². The maximum Gasteiger partial charge on any atom is 0.270 e. The number of carbonyl (C=O) groups excluding carboxylic acids is 1. The Hall–Kier alpha value is -2.44. The molecule has 1 amide bonds. The molecule has 0 aliphatic carbocycles. The van der Waals surface area contributed by atoms with Gasteiger partial charge < -0.3 is 15.6 Å². The number of hydrogen-bond acceptors (Lipinski definition) is 5. The van der Waals surface area contributed by atoms with Crippen LogP contribution in [0.2, 0.25) is 0 Å². The molecule has 0 saturated carbocycles. The number of rotatable bonds is 5. The number of amides is 1. The zero-order valence-electron chi connectivity index (χ0n) is 11.8. The Balaban J connectivity index is 2.00. The second kappa shape index (κ2) is 6.14. The summed E-state index contributed by atoms with van der Waals surface area (Å²) >= 11 is 0. The van der Waals surface area contributed by atoms with Gasteiger partial charge in [-0.15, -0.1) is 0 Å². The van der Waals surface area contributed by atoms with Crippen LogP contribution >= 0.6 is 0 Å². The van der Waals surface area contributed by atoms with Gasteiger partial charge in [-0.1, -0.05) is 6.92 Å². The molecule has 3 N–H and O–H groups in total. The fourth-order valence-corrected chi connectivity index (χ4v) is 1.78. The van der Waals surface area contributed by atoms with Crippen molar-refractivity contribution in [2.75, 3.05) is 18.9 Å². The molecule has 2 aromatic rings. The second-order valence-electron chi connectivity index (χ2n) is 4.55. The lowest BCUT2D eigenvalue weighted by Crippen LogP contribution is -2.29. The van der Waals surface area contributed by atoms with E-state index >= 15 is 0 Å². The summed E-state index contributed by atoms with van der Waals surface area (Å²) < 4.78 is 0. The van der Waals surface area contributed by atoms with Gasteiger partial charge in [0.05, 0.1) is 0 Å². The molecule has 7 nitrogen and oxygen atoms in total. The van der Waals surface area contributed by atoms with Gasteiger partial charge in [-0.2, -0.15) is 0 Å². The summed E-state index contributed by atoms with van der Waals surface area (Å²) in [4.78, 5) is 27.6. The van der Waals surface area contributed by atoms with Crippen LogP contribution < -0.4 is 10.6 Å². The van der Waals surface area contributed by atoms with Crippen molar-refractivity contribution < 1.29 is 4.79 Å². The predicted octanol–water partition coefficient (Wildman–Crippen LogP) is 1.08. The average molecular weight is 274 g/mol. The Labute approximate surface area is 117 Å². The third-order valence-corrected chi connectivity index (χ3v) is 2.87. The summed E-state index contributed by atoms with van der Waals surface area (Å²) in [5.41, 5.74) is 1.10. The van der Waals surface area contributed by atoms with E-state index in [0.29, 0.717) is 18.2 Å². The number of hydrogen-bond donors (Lipinski definition) is 3. The highest BCUT2D eigenvalue weighted by molar-refractivity contribution is 5.92. The molecule has 2 rings (SSSR count). The van der Waals surface area contributed by atoms with Gasteiger partial charge in [-0.05, 0) is 13.0 Å². The lowest BCUT2D eigenvalue weighted by molar-refractivity contribution is 0.0946. The Morgan fingerprint density at radius 3 is 2.90 bits per heavy atom. The first-order valence-corrected chi connectivity index (χ1v) is 6.41. The van der Waals surface area contributed by atoms with Crippen molar-refractivity contribution in [1.29, 1.82) is 0 Å². The van der Waals surface area contributed by atoms with Crippen molar-refractivity contribution >= 4 is 11.9 Å². The molecule has 1 atom stereocenters. The minimum Gasteiger partial charge on any atom is -0.357 e. The first-order valence-electron chi connectivity index (χ1n) is 6.41. The molecular formula is C13H18N6O. The van der Waals surface area contributed by atoms with Crippen molar-refractivity contribution in [3.05, 3.63) is 35.7 Å². The first-order chi connectivity index (χ1) is 9.60.